The van der Waals surface area contributed by atoms with E-state index in [9.17, 15) is 14.4 Å². The van der Waals surface area contributed by atoms with Crippen molar-refractivity contribution in [2.24, 2.45) is 0 Å². The van der Waals surface area contributed by atoms with Gasteiger partial charge in [0.15, 0.2) is 19.6 Å². The van der Waals surface area contributed by atoms with Crippen LogP contribution in [0.5, 0.6) is 0 Å². The zero-order valence-corrected chi connectivity index (χ0v) is 17.1. The maximum Gasteiger partial charge on any atom is 0.359 e. The van der Waals surface area contributed by atoms with Gasteiger partial charge in [-0.05, 0) is 25.7 Å². The number of aliphatic carboxylic acids is 3. The van der Waals surface area contributed by atoms with Gasteiger partial charge in [0.2, 0.25) is 0 Å². The van der Waals surface area contributed by atoms with E-state index in [1.165, 1.54) is 44.9 Å². The first-order valence-corrected chi connectivity index (χ1v) is 10.4. The van der Waals surface area contributed by atoms with Crippen molar-refractivity contribution >= 4 is 17.9 Å². The lowest BCUT2D eigenvalue weighted by atomic mass is 10.0. The first-order chi connectivity index (χ1) is 13.3. The van der Waals surface area contributed by atoms with Crippen LogP contribution in [0.3, 0.4) is 0 Å². The molecule has 0 saturated heterocycles. The minimum absolute atomic E-state index is 0.260. The van der Waals surface area contributed by atoms with Crippen LogP contribution < -0.4 is 0 Å². The molecule has 7 heteroatoms. The van der Waals surface area contributed by atoms with Crippen LogP contribution in [0.25, 0.3) is 0 Å². The molecule has 0 unspecified atom stereocenters. The maximum atomic E-state index is 11.1. The molecule has 0 amide bonds. The van der Waals surface area contributed by atoms with E-state index >= 15 is 0 Å². The number of carboxylic acid groups (broad SMARTS) is 3. The summed E-state index contributed by atoms with van der Waals surface area (Å²) in [6, 6.07) is 0. The molecule has 3 N–H and O–H groups in total. The molecule has 0 heterocycles. The molecule has 0 aliphatic heterocycles. The third-order valence-electron chi connectivity index (χ3n) is 4.95. The summed E-state index contributed by atoms with van der Waals surface area (Å²) < 4.78 is -0.439. The summed E-state index contributed by atoms with van der Waals surface area (Å²) >= 11 is 0. The quantitative estimate of drug-likeness (QED) is 0.162. The van der Waals surface area contributed by atoms with E-state index in [-0.39, 0.29) is 6.54 Å². The maximum absolute atomic E-state index is 11.1. The molecule has 0 aliphatic rings. The van der Waals surface area contributed by atoms with E-state index in [0.29, 0.717) is 6.42 Å². The van der Waals surface area contributed by atoms with Crippen LogP contribution in [0.2, 0.25) is 0 Å². The Balaban J connectivity index is 4.00. The number of nitrogens with zero attached hydrogens (tertiary/aromatic N) is 1. The monoisotopic (exact) mass is 400 g/mol. The molecule has 0 aromatic heterocycles. The Hall–Kier alpha value is -1.89. The van der Waals surface area contributed by atoms with E-state index in [0.717, 1.165) is 25.7 Å². The number of allylic oxidation sites excluding steroid dienone is 1. The molecular weight excluding hydrogens is 362 g/mol. The number of hydrogen-bond acceptors (Lipinski definition) is 3. The molecule has 0 aromatic rings. The fourth-order valence-corrected chi connectivity index (χ4v) is 3.59. The van der Waals surface area contributed by atoms with Gasteiger partial charge < -0.3 is 15.3 Å². The summed E-state index contributed by atoms with van der Waals surface area (Å²) in [5.74, 6) is -3.52. The molecule has 0 radical (unpaired) electrons. The Labute approximate surface area is 168 Å². The Kier molecular flexibility index (Phi) is 15.0. The van der Waals surface area contributed by atoms with Crippen LogP contribution in [0, 0.1) is 0 Å². The van der Waals surface area contributed by atoms with Crippen LogP contribution >= 0.6 is 0 Å². The topological polar surface area (TPSA) is 112 Å². The van der Waals surface area contributed by atoms with Crippen molar-refractivity contribution in [3.05, 3.63) is 12.7 Å². The molecule has 0 aromatic carbocycles. The summed E-state index contributed by atoms with van der Waals surface area (Å²) in [5.41, 5.74) is 0. The summed E-state index contributed by atoms with van der Waals surface area (Å²) in [6.07, 6.45) is 15.4. The predicted octanol–water partition coefficient (Wildman–Crippen LogP) is 3.92. The predicted molar refractivity (Wildman–Crippen MR) is 108 cm³/mol. The largest absolute Gasteiger partial charge is 0.477 e. The molecule has 0 saturated carbocycles. The summed E-state index contributed by atoms with van der Waals surface area (Å²) in [4.78, 5) is 33.3. The van der Waals surface area contributed by atoms with Gasteiger partial charge in [-0.1, -0.05) is 57.4 Å². The van der Waals surface area contributed by atoms with Crippen molar-refractivity contribution in [1.82, 2.24) is 0 Å². The minimum Gasteiger partial charge on any atom is -0.477 e. The zero-order valence-electron chi connectivity index (χ0n) is 17.1. The highest BCUT2D eigenvalue weighted by molar-refractivity contribution is 5.73. The van der Waals surface area contributed by atoms with Crippen molar-refractivity contribution in [1.29, 1.82) is 0 Å². The van der Waals surface area contributed by atoms with Crippen molar-refractivity contribution in [2.45, 2.75) is 77.0 Å². The summed E-state index contributed by atoms with van der Waals surface area (Å²) in [6.45, 7) is 2.54. The van der Waals surface area contributed by atoms with Crippen molar-refractivity contribution in [3.63, 3.8) is 0 Å². The van der Waals surface area contributed by atoms with Gasteiger partial charge in [-0.15, -0.1) is 6.58 Å². The van der Waals surface area contributed by atoms with Crippen molar-refractivity contribution < 1.29 is 34.2 Å². The molecule has 0 atom stereocenters. The average Bonchev–Trinajstić information content (AvgIpc) is 2.57. The highest BCUT2D eigenvalue weighted by Gasteiger charge is 2.35. The lowest BCUT2D eigenvalue weighted by Crippen LogP contribution is -2.57. The average molecular weight is 401 g/mol. The summed E-state index contributed by atoms with van der Waals surface area (Å²) in [7, 11) is 0. The highest BCUT2D eigenvalue weighted by atomic mass is 16.4. The van der Waals surface area contributed by atoms with Crippen LogP contribution in [-0.4, -0.2) is 63.9 Å². The molecule has 162 valence electrons. The second kappa shape index (κ2) is 16.1. The number of hydrogen-bond donors (Lipinski definition) is 3. The van der Waals surface area contributed by atoms with Gasteiger partial charge in [0.1, 0.15) is 0 Å². The SMILES string of the molecule is C=CCCCCCCCCCCCCC[N+](CC(=O)O)(CC(=O)O)CC(=O)O. The lowest BCUT2D eigenvalue weighted by Gasteiger charge is -2.34. The Bertz CT molecular complexity index is 437. The van der Waals surface area contributed by atoms with Crippen LogP contribution in [0.4, 0.5) is 0 Å². The molecule has 0 aliphatic carbocycles. The Morgan fingerprint density at radius 3 is 1.25 bits per heavy atom. The minimum atomic E-state index is -1.17. The Morgan fingerprint density at radius 2 is 0.929 bits per heavy atom. The number of rotatable bonds is 20. The van der Waals surface area contributed by atoms with Gasteiger partial charge in [-0.3, -0.25) is 4.48 Å². The van der Waals surface area contributed by atoms with Crippen molar-refractivity contribution in [3.8, 4) is 0 Å². The third kappa shape index (κ3) is 15.2. The molecule has 0 bridgehead atoms. The fraction of sp³-hybridized carbons (Fsp3) is 0.762. The highest BCUT2D eigenvalue weighted by Crippen LogP contribution is 2.14. The van der Waals surface area contributed by atoms with Gasteiger partial charge in [0, 0.05) is 0 Å². The molecule has 7 nitrogen and oxygen atoms in total. The second-order valence-corrected chi connectivity index (χ2v) is 7.69. The number of carboxylic acids is 3. The second-order valence-electron chi connectivity index (χ2n) is 7.69. The van der Waals surface area contributed by atoms with Crippen LogP contribution in [0.15, 0.2) is 12.7 Å². The molecule has 28 heavy (non-hydrogen) atoms. The van der Waals surface area contributed by atoms with E-state index in [1.54, 1.807) is 0 Å². The van der Waals surface area contributed by atoms with E-state index in [2.05, 4.69) is 6.58 Å². The summed E-state index contributed by atoms with van der Waals surface area (Å²) in [5, 5.41) is 27.2. The van der Waals surface area contributed by atoms with Crippen LogP contribution in [0.1, 0.15) is 77.0 Å². The van der Waals surface area contributed by atoms with E-state index in [1.807, 2.05) is 6.08 Å². The Morgan fingerprint density at radius 1 is 0.607 bits per heavy atom. The molecule has 0 rings (SSSR count). The van der Waals surface area contributed by atoms with E-state index < -0.39 is 42.0 Å². The fourth-order valence-electron chi connectivity index (χ4n) is 3.59. The zero-order chi connectivity index (χ0) is 21.3. The number of quaternary nitrogens is 1. The standard InChI is InChI=1S/C21H37NO6/c1-2-3-4-5-6-7-8-9-10-11-12-13-14-15-22(16-19(23)24,17-20(25)26)18-21(27)28/h2H,1,3-18H2,(H2-,23,24,25,26,27,28)/p+1. The van der Waals surface area contributed by atoms with Crippen molar-refractivity contribution in [2.75, 3.05) is 26.2 Å². The lowest BCUT2D eigenvalue weighted by molar-refractivity contribution is -0.907. The van der Waals surface area contributed by atoms with Gasteiger partial charge in [-0.2, -0.15) is 0 Å². The van der Waals surface area contributed by atoms with Gasteiger partial charge in [0.25, 0.3) is 0 Å². The number of carbonyl (C=O) groups is 3. The third-order valence-corrected chi connectivity index (χ3v) is 4.95. The smallest absolute Gasteiger partial charge is 0.359 e. The molecule has 0 spiro atoms. The number of unbranched alkanes of at least 4 members (excludes halogenated alkanes) is 11. The van der Waals surface area contributed by atoms with Crippen LogP contribution in [-0.2, 0) is 14.4 Å². The van der Waals surface area contributed by atoms with Gasteiger partial charge >= 0.3 is 17.9 Å². The van der Waals surface area contributed by atoms with Gasteiger partial charge in [0.05, 0.1) is 6.54 Å². The molecular formula is C21H38NO6+. The van der Waals surface area contributed by atoms with E-state index in [4.69, 9.17) is 15.3 Å². The first-order valence-electron chi connectivity index (χ1n) is 10.4. The normalized spacial score (nSPS) is 11.3. The van der Waals surface area contributed by atoms with Gasteiger partial charge in [-0.25, -0.2) is 14.4 Å². The molecule has 0 fully saturated rings. The first kappa shape index (κ1) is 26.1.